The number of hydrogen-bond acceptors (Lipinski definition) is 4. The van der Waals surface area contributed by atoms with E-state index in [1.807, 2.05) is 72.8 Å². The van der Waals surface area contributed by atoms with Gasteiger partial charge >= 0.3 is 255 Å². The molecular formula is C34H38O4Sn2. The van der Waals surface area contributed by atoms with Gasteiger partial charge in [-0.3, -0.25) is 0 Å². The van der Waals surface area contributed by atoms with Crippen LogP contribution >= 0.6 is 0 Å². The first kappa shape index (κ1) is 30.4. The number of hydrogen-bond donors (Lipinski definition) is 0. The molecule has 0 amide bonds. The van der Waals surface area contributed by atoms with Crippen LogP contribution in [-0.2, 0) is 33.5 Å². The van der Waals surface area contributed by atoms with Crippen LogP contribution in [-0.4, -0.2) is 52.3 Å². The van der Waals surface area contributed by atoms with Crippen molar-refractivity contribution in [2.75, 3.05) is 0 Å². The van der Waals surface area contributed by atoms with Gasteiger partial charge in [0, 0.05) is 0 Å². The molecule has 4 aromatic carbocycles. The van der Waals surface area contributed by atoms with Crippen molar-refractivity contribution in [3.63, 3.8) is 0 Å². The summed E-state index contributed by atoms with van der Waals surface area (Å²) >= 11 is -5.32. The van der Waals surface area contributed by atoms with E-state index < -0.39 is 40.3 Å². The normalized spacial score (nSPS) is 10.9. The van der Waals surface area contributed by atoms with E-state index >= 15 is 0 Å². The zero-order valence-corrected chi connectivity index (χ0v) is 29.6. The van der Waals surface area contributed by atoms with Crippen LogP contribution in [0, 0.1) is 0 Å². The second-order valence-corrected chi connectivity index (χ2v) is 23.3. The molecule has 40 heavy (non-hydrogen) atoms. The van der Waals surface area contributed by atoms with Gasteiger partial charge in [0.15, 0.2) is 0 Å². The molecule has 0 aliphatic rings. The number of carbonyl (C=O) groups is 2. The van der Waals surface area contributed by atoms with E-state index in [0.29, 0.717) is 25.7 Å². The van der Waals surface area contributed by atoms with Gasteiger partial charge < -0.3 is 0 Å². The van der Waals surface area contributed by atoms with Crippen LogP contribution in [0.1, 0.15) is 47.9 Å². The Bertz CT molecular complexity index is 1100. The summed E-state index contributed by atoms with van der Waals surface area (Å²) < 4.78 is 15.8. The fourth-order valence-electron chi connectivity index (χ4n) is 4.85. The van der Waals surface area contributed by atoms with E-state index in [1.165, 1.54) is 22.3 Å². The molecule has 0 saturated heterocycles. The molecule has 0 fully saturated rings. The summed E-state index contributed by atoms with van der Waals surface area (Å²) in [4.78, 5) is 25.6. The maximum absolute atomic E-state index is 12.8. The summed E-state index contributed by atoms with van der Waals surface area (Å²) in [6.07, 6.45) is 1.98. The molecule has 4 rings (SSSR count). The quantitative estimate of drug-likeness (QED) is 0.107. The Morgan fingerprint density at radius 2 is 0.675 bits per heavy atom. The summed E-state index contributed by atoms with van der Waals surface area (Å²) in [7, 11) is 0. The van der Waals surface area contributed by atoms with Gasteiger partial charge in [-0.25, -0.2) is 0 Å². The van der Waals surface area contributed by atoms with Gasteiger partial charge in [0.25, 0.3) is 0 Å². The number of rotatable bonds is 15. The van der Waals surface area contributed by atoms with E-state index in [1.54, 1.807) is 0 Å². The number of unbranched alkanes of at least 4 members (excludes halogenated alkanes) is 1. The summed E-state index contributed by atoms with van der Waals surface area (Å²) in [6.45, 7) is 0. The Morgan fingerprint density at radius 1 is 0.425 bits per heavy atom. The Balaban J connectivity index is 1.24. The molecule has 0 atom stereocenters. The van der Waals surface area contributed by atoms with Crippen molar-refractivity contribution in [2.45, 2.75) is 43.4 Å². The SMILES string of the molecule is O=C(CCCCC(=O)[O][SnH]([CH2]c1ccccc1)[CH2]c1ccccc1)[O][SnH]([CH2]c1ccccc1)[CH2]c1ccccc1. The molecule has 0 aromatic heterocycles. The van der Waals surface area contributed by atoms with Crippen LogP contribution in [0.4, 0.5) is 0 Å². The Morgan fingerprint density at radius 3 is 0.925 bits per heavy atom. The van der Waals surface area contributed by atoms with Gasteiger partial charge in [0.1, 0.15) is 0 Å². The monoisotopic (exact) mass is 750 g/mol. The van der Waals surface area contributed by atoms with Gasteiger partial charge in [-0.15, -0.1) is 0 Å². The zero-order valence-electron chi connectivity index (χ0n) is 23.0. The Kier molecular flexibility index (Phi) is 13.1. The summed E-state index contributed by atoms with van der Waals surface area (Å²) in [5, 5.41) is 0. The van der Waals surface area contributed by atoms with Crippen LogP contribution in [0.5, 0.6) is 0 Å². The van der Waals surface area contributed by atoms with Crippen molar-refractivity contribution in [3.8, 4) is 0 Å². The van der Waals surface area contributed by atoms with Crippen molar-refractivity contribution in [1.82, 2.24) is 0 Å². The fraction of sp³-hybridized carbons (Fsp3) is 0.235. The predicted molar refractivity (Wildman–Crippen MR) is 166 cm³/mol. The van der Waals surface area contributed by atoms with Crippen molar-refractivity contribution in [2.24, 2.45) is 0 Å². The number of carbonyl (C=O) groups excluding carboxylic acids is 2. The predicted octanol–water partition coefficient (Wildman–Crippen LogP) is 6.21. The molecule has 0 aliphatic carbocycles. The zero-order chi connectivity index (χ0) is 27.8. The number of benzene rings is 4. The second-order valence-electron chi connectivity index (χ2n) is 10.2. The molecule has 4 nitrogen and oxygen atoms in total. The third kappa shape index (κ3) is 11.5. The Hall–Kier alpha value is -2.58. The molecule has 0 heterocycles. The van der Waals surface area contributed by atoms with Gasteiger partial charge in [-0.05, 0) is 0 Å². The van der Waals surface area contributed by atoms with Crippen LogP contribution in [0.15, 0.2) is 121 Å². The van der Waals surface area contributed by atoms with Crippen molar-refractivity contribution >= 4 is 52.3 Å². The van der Waals surface area contributed by atoms with Crippen molar-refractivity contribution < 1.29 is 15.7 Å². The van der Waals surface area contributed by atoms with Gasteiger partial charge in [-0.2, -0.15) is 0 Å². The molecule has 0 N–H and O–H groups in total. The maximum atomic E-state index is 12.8. The van der Waals surface area contributed by atoms with Crippen LogP contribution in [0.3, 0.4) is 0 Å². The second kappa shape index (κ2) is 17.3. The van der Waals surface area contributed by atoms with Crippen molar-refractivity contribution in [1.29, 1.82) is 0 Å². The Labute approximate surface area is 253 Å². The molecule has 4 aromatic rings. The average molecular weight is 748 g/mol. The van der Waals surface area contributed by atoms with E-state index in [2.05, 4.69) is 48.5 Å². The summed E-state index contributed by atoms with van der Waals surface area (Å²) in [5.74, 6) is -0.238. The standard InChI is InChI=1S/4C7H7.C6H10O4.2Sn.2H/c4*1-7-5-3-2-4-6-7;7-5(8)3-1-2-4-6(9)10;;;;/h4*2-6H,1H2;1-4H2,(H,7,8)(H,9,10);;;;/q;;;;;2*+1;;/p-2. The molecule has 0 spiro atoms. The molecule has 6 heteroatoms. The first-order valence-corrected chi connectivity index (χ1v) is 26.2. The van der Waals surface area contributed by atoms with E-state index in [9.17, 15) is 9.59 Å². The van der Waals surface area contributed by atoms with Crippen LogP contribution < -0.4 is 0 Å². The molecule has 206 valence electrons. The van der Waals surface area contributed by atoms with Gasteiger partial charge in [0.05, 0.1) is 0 Å². The fourth-order valence-corrected chi connectivity index (χ4v) is 18.5. The van der Waals surface area contributed by atoms with Crippen LogP contribution in [0.2, 0.25) is 0 Å². The topological polar surface area (TPSA) is 52.6 Å². The van der Waals surface area contributed by atoms with E-state index in [0.717, 1.165) is 17.7 Å². The third-order valence-electron chi connectivity index (χ3n) is 6.83. The molecule has 0 aliphatic heterocycles. The summed E-state index contributed by atoms with van der Waals surface area (Å²) in [6, 6.07) is 41.3. The molecule has 0 radical (unpaired) electrons. The van der Waals surface area contributed by atoms with E-state index in [-0.39, 0.29) is 11.9 Å². The average Bonchev–Trinajstić information content (AvgIpc) is 2.97. The molecule has 0 saturated carbocycles. The van der Waals surface area contributed by atoms with Crippen LogP contribution in [0.25, 0.3) is 0 Å². The molecule has 0 unspecified atom stereocenters. The van der Waals surface area contributed by atoms with Gasteiger partial charge in [0.2, 0.25) is 0 Å². The minimum absolute atomic E-state index is 0.119. The van der Waals surface area contributed by atoms with Crippen molar-refractivity contribution in [3.05, 3.63) is 144 Å². The third-order valence-corrected chi connectivity index (χ3v) is 20.8. The first-order valence-electron chi connectivity index (χ1n) is 14.2. The van der Waals surface area contributed by atoms with E-state index in [4.69, 9.17) is 6.15 Å². The summed E-state index contributed by atoms with van der Waals surface area (Å²) in [5.41, 5.74) is 4.95. The molecular weight excluding hydrogens is 710 g/mol. The molecule has 0 bridgehead atoms. The first-order chi connectivity index (χ1) is 19.6. The minimum atomic E-state index is -2.66. The van der Waals surface area contributed by atoms with Gasteiger partial charge in [-0.1, -0.05) is 0 Å².